The Morgan fingerprint density at radius 3 is 1.06 bits per heavy atom. The zero-order valence-electron chi connectivity index (χ0n) is 47.1. The van der Waals surface area contributed by atoms with Gasteiger partial charge in [0.05, 0.1) is 18.3 Å². The van der Waals surface area contributed by atoms with E-state index in [1.54, 1.807) is 0 Å². The van der Waals surface area contributed by atoms with Gasteiger partial charge in [-0.25, -0.2) is 4.39 Å². The summed E-state index contributed by atoms with van der Waals surface area (Å²) in [5.74, 6) is 6.15. The Bertz CT molecular complexity index is 719. The zero-order valence-corrected chi connectivity index (χ0v) is 47.1. The molecule has 2 saturated heterocycles. The molecule has 0 amide bonds. The molecule has 0 aromatic rings. The fourth-order valence-corrected chi connectivity index (χ4v) is 6.13. The lowest BCUT2D eigenvalue weighted by molar-refractivity contribution is 0.0716. The molecule has 1 atom stereocenters. The van der Waals surface area contributed by atoms with Gasteiger partial charge in [0.15, 0.2) is 0 Å². The second-order valence-electron chi connectivity index (χ2n) is 22.6. The van der Waals surface area contributed by atoms with Gasteiger partial charge in [0.25, 0.3) is 0 Å². The summed E-state index contributed by atoms with van der Waals surface area (Å²) in [6, 6.07) is 0. The molecule has 62 heavy (non-hydrogen) atoms. The summed E-state index contributed by atoms with van der Waals surface area (Å²) in [5.41, 5.74) is 0. The first kappa shape index (κ1) is 70.7. The highest BCUT2D eigenvalue weighted by Crippen LogP contribution is 2.28. The van der Waals surface area contributed by atoms with Crippen molar-refractivity contribution in [2.75, 3.05) is 59.1 Å². The first-order valence-electron chi connectivity index (χ1n) is 26.7. The molecule has 382 valence electrons. The van der Waals surface area contributed by atoms with Crippen molar-refractivity contribution in [3.8, 4) is 0 Å². The van der Waals surface area contributed by atoms with Gasteiger partial charge in [-0.2, -0.15) is 0 Å². The van der Waals surface area contributed by atoms with Crippen molar-refractivity contribution in [3.63, 3.8) is 0 Å². The van der Waals surface area contributed by atoms with Crippen LogP contribution in [0, 0.1) is 41.4 Å². The molecule has 6 heteroatoms. The molecule has 0 N–H and O–H groups in total. The number of hydrogen-bond donors (Lipinski definition) is 0. The number of hydrogen-bond acceptors (Lipinski definition) is 5. The van der Waals surface area contributed by atoms with Crippen molar-refractivity contribution in [1.29, 1.82) is 0 Å². The van der Waals surface area contributed by atoms with E-state index >= 15 is 0 Å². The maximum Gasteiger partial charge on any atom is 0.114 e. The predicted molar refractivity (Wildman–Crippen MR) is 281 cm³/mol. The summed E-state index contributed by atoms with van der Waals surface area (Å²) in [5, 5.41) is 0. The Hall–Kier alpha value is -0.270. The van der Waals surface area contributed by atoms with Crippen molar-refractivity contribution in [2.24, 2.45) is 41.4 Å². The predicted octanol–water partition coefficient (Wildman–Crippen LogP) is 17.2. The van der Waals surface area contributed by atoms with E-state index in [0.29, 0.717) is 31.3 Å². The zero-order chi connectivity index (χ0) is 48.9. The molecule has 0 aromatic heterocycles. The lowest BCUT2D eigenvalue weighted by atomic mass is 10.0. The van der Waals surface area contributed by atoms with Crippen molar-refractivity contribution >= 4 is 0 Å². The highest BCUT2D eigenvalue weighted by atomic mass is 19.1. The van der Waals surface area contributed by atoms with E-state index in [-0.39, 0.29) is 0 Å². The Balaban J connectivity index is -0.000000210. The van der Waals surface area contributed by atoms with Crippen molar-refractivity contribution < 1.29 is 18.6 Å². The molecule has 3 fully saturated rings. The van der Waals surface area contributed by atoms with Gasteiger partial charge in [-0.15, -0.1) is 0 Å². The topological polar surface area (TPSA) is 34.2 Å². The monoisotopic (exact) mass is 891 g/mol. The van der Waals surface area contributed by atoms with E-state index in [9.17, 15) is 4.39 Å². The highest BCUT2D eigenvalue weighted by Gasteiger charge is 2.20. The largest absolute Gasteiger partial charge is 0.379 e. The molecule has 3 aliphatic rings. The second-order valence-corrected chi connectivity index (χ2v) is 22.6. The molecule has 0 bridgehead atoms. The van der Waals surface area contributed by atoms with Crippen LogP contribution in [0.1, 0.15) is 242 Å². The number of ether oxygens (including phenoxy) is 3. The third-order valence-electron chi connectivity index (χ3n) is 8.80. The van der Waals surface area contributed by atoms with Crippen LogP contribution in [0.15, 0.2) is 0 Å². The van der Waals surface area contributed by atoms with Crippen molar-refractivity contribution in [3.05, 3.63) is 0 Å². The molecule has 5 nitrogen and oxygen atoms in total. The summed E-state index contributed by atoms with van der Waals surface area (Å²) < 4.78 is 29.1. The lowest BCUT2D eigenvalue weighted by Gasteiger charge is -2.14. The minimum absolute atomic E-state index is 0.313. The Labute approximate surface area is 394 Å². The highest BCUT2D eigenvalue weighted by molar-refractivity contribution is 4.74. The molecule has 2 aliphatic heterocycles. The molecule has 2 heterocycles. The summed E-state index contributed by atoms with van der Waals surface area (Å²) in [7, 11) is 0. The average Bonchev–Trinajstić information content (AvgIpc) is 3.91. The summed E-state index contributed by atoms with van der Waals surface area (Å²) in [4.78, 5) is 4.71. The fourth-order valence-electron chi connectivity index (χ4n) is 6.13. The van der Waals surface area contributed by atoms with Gasteiger partial charge >= 0.3 is 0 Å². The molecule has 0 unspecified atom stereocenters. The first-order chi connectivity index (χ1) is 28.8. The standard InChI is InChI=1S/C11H22O.C10H20FNO.C10H21NO.C9H20.4C4H10/c1-10(2)12-9-5-8-11-6-3-4-7-11;1-9(2)13-7-3-5-12-6-4-10(11)8-12;1-10(2)12-9-5-8-11-6-3-4-7-11;1-8(2)6-5-7-9(3)4;4*1-4(2)3/h10-11H,3-9H2,1-2H3;9-10H,3-8H2,1-2H3;10H,3-9H2,1-2H3;8-9H,5-7H2,1-4H3;4*4H,1-3H3/t;10-;;;;;;/m.0....../s1. The molecule has 1 aliphatic carbocycles. The normalized spacial score (nSPS) is 16.5. The minimum Gasteiger partial charge on any atom is -0.379 e. The van der Waals surface area contributed by atoms with Gasteiger partial charge in [0.1, 0.15) is 6.17 Å². The quantitative estimate of drug-likeness (QED) is 0.121. The number of halogens is 1. The smallest absolute Gasteiger partial charge is 0.114 e. The van der Waals surface area contributed by atoms with E-state index in [1.807, 2.05) is 13.8 Å². The Morgan fingerprint density at radius 1 is 0.419 bits per heavy atom. The first-order valence-corrected chi connectivity index (χ1v) is 26.7. The van der Waals surface area contributed by atoms with Gasteiger partial charge in [-0.1, -0.05) is 156 Å². The average molecular weight is 892 g/mol. The third kappa shape index (κ3) is 83.3. The van der Waals surface area contributed by atoms with Gasteiger partial charge in [0, 0.05) is 46.0 Å². The van der Waals surface area contributed by atoms with E-state index in [0.717, 1.165) is 80.8 Å². The van der Waals surface area contributed by atoms with Gasteiger partial charge in [-0.3, -0.25) is 0 Å². The van der Waals surface area contributed by atoms with Crippen LogP contribution in [0.25, 0.3) is 0 Å². The minimum atomic E-state index is -0.592. The van der Waals surface area contributed by atoms with Crippen LogP contribution in [0.5, 0.6) is 0 Å². The summed E-state index contributed by atoms with van der Waals surface area (Å²) in [6.07, 6.45) is 19.0. The van der Waals surface area contributed by atoms with Crippen LogP contribution in [-0.2, 0) is 14.2 Å². The van der Waals surface area contributed by atoms with Crippen molar-refractivity contribution in [1.82, 2.24) is 9.80 Å². The van der Waals surface area contributed by atoms with Crippen LogP contribution in [0.4, 0.5) is 4.39 Å². The maximum atomic E-state index is 12.7. The number of alkyl halides is 1. The molecule has 0 radical (unpaired) electrons. The molecule has 3 rings (SSSR count). The van der Waals surface area contributed by atoms with Crippen LogP contribution in [0.3, 0.4) is 0 Å². The van der Waals surface area contributed by atoms with E-state index in [4.69, 9.17) is 14.2 Å². The number of likely N-dealkylation sites (tertiary alicyclic amines) is 2. The Kier molecular flexibility index (Phi) is 59.0. The third-order valence-corrected chi connectivity index (χ3v) is 8.80. The lowest BCUT2D eigenvalue weighted by Crippen LogP contribution is -2.23. The van der Waals surface area contributed by atoms with Crippen LogP contribution in [0.2, 0.25) is 0 Å². The maximum absolute atomic E-state index is 12.7. The molecule has 0 spiro atoms. The van der Waals surface area contributed by atoms with E-state index in [1.165, 1.54) is 96.7 Å². The second kappa shape index (κ2) is 51.7. The number of nitrogens with zero attached hydrogens (tertiary/aromatic N) is 2. The summed E-state index contributed by atoms with van der Waals surface area (Å²) in [6.45, 7) is 56.7. The molecule has 1 saturated carbocycles. The SMILES string of the molecule is CC(C)C.CC(C)C.CC(C)C.CC(C)C.CC(C)CCCC(C)C.CC(C)OCCCC1CCCC1.CC(C)OCCCN1CCCC1.CC(C)OCCCN1CC[C@H](F)C1. The molecular weight excluding hydrogens is 768 g/mol. The van der Waals surface area contributed by atoms with E-state index in [2.05, 4.69) is 148 Å². The van der Waals surface area contributed by atoms with E-state index < -0.39 is 6.17 Å². The van der Waals surface area contributed by atoms with Crippen LogP contribution in [-0.4, -0.2) is 93.4 Å². The summed E-state index contributed by atoms with van der Waals surface area (Å²) >= 11 is 0. The fraction of sp³-hybridized carbons (Fsp3) is 1.00. The van der Waals surface area contributed by atoms with Gasteiger partial charge < -0.3 is 24.0 Å². The van der Waals surface area contributed by atoms with Crippen LogP contribution < -0.4 is 0 Å². The van der Waals surface area contributed by atoms with Crippen molar-refractivity contribution in [2.45, 2.75) is 267 Å². The molecular formula is C56H123FN2O3. The van der Waals surface area contributed by atoms with Gasteiger partial charge in [-0.05, 0) is 141 Å². The van der Waals surface area contributed by atoms with Gasteiger partial charge in [0.2, 0.25) is 0 Å². The number of rotatable bonds is 19. The molecule has 0 aromatic carbocycles. The van der Waals surface area contributed by atoms with Crippen LogP contribution >= 0.6 is 0 Å². The Morgan fingerprint density at radius 2 is 0.758 bits per heavy atom.